The van der Waals surface area contributed by atoms with E-state index in [9.17, 15) is 0 Å². The highest BCUT2D eigenvalue weighted by molar-refractivity contribution is 14.0. The number of nitrogens with one attached hydrogen (secondary N) is 1. The van der Waals surface area contributed by atoms with Crippen LogP contribution in [-0.4, -0.2) is 90.9 Å². The number of rotatable bonds is 11. The van der Waals surface area contributed by atoms with Gasteiger partial charge in [-0.2, -0.15) is 0 Å². The SMILES string of the molecule is CN=C(NCCCOCC1CCOCC1)N1CCC(COCCOC)C1.I. The quantitative estimate of drug-likeness (QED) is 0.203. The lowest BCUT2D eigenvalue weighted by Gasteiger charge is -2.23. The van der Waals surface area contributed by atoms with E-state index in [4.69, 9.17) is 18.9 Å². The van der Waals surface area contributed by atoms with Crippen molar-refractivity contribution in [2.75, 3.05) is 80.0 Å². The van der Waals surface area contributed by atoms with Gasteiger partial charge in [0.2, 0.25) is 0 Å². The molecule has 2 heterocycles. The van der Waals surface area contributed by atoms with E-state index in [1.54, 1.807) is 7.11 Å². The molecule has 1 atom stereocenters. The van der Waals surface area contributed by atoms with Crippen molar-refractivity contribution in [1.82, 2.24) is 10.2 Å². The zero-order chi connectivity index (χ0) is 18.5. The van der Waals surface area contributed by atoms with Crippen molar-refractivity contribution in [3.05, 3.63) is 0 Å². The average Bonchev–Trinajstić information content (AvgIpc) is 3.14. The molecule has 0 saturated carbocycles. The number of hydrogen-bond acceptors (Lipinski definition) is 5. The summed E-state index contributed by atoms with van der Waals surface area (Å²) in [4.78, 5) is 6.75. The summed E-state index contributed by atoms with van der Waals surface area (Å²) in [5.41, 5.74) is 0. The van der Waals surface area contributed by atoms with Gasteiger partial charge in [0.15, 0.2) is 5.96 Å². The van der Waals surface area contributed by atoms with Crippen LogP contribution in [0.2, 0.25) is 0 Å². The molecule has 0 aromatic rings. The summed E-state index contributed by atoms with van der Waals surface area (Å²) in [7, 11) is 3.55. The molecule has 0 aromatic heterocycles. The molecule has 7 nitrogen and oxygen atoms in total. The summed E-state index contributed by atoms with van der Waals surface area (Å²) in [5, 5.41) is 3.46. The van der Waals surface area contributed by atoms with Gasteiger partial charge >= 0.3 is 0 Å². The van der Waals surface area contributed by atoms with E-state index in [0.29, 0.717) is 25.0 Å². The molecule has 2 aliphatic heterocycles. The summed E-state index contributed by atoms with van der Waals surface area (Å²) < 4.78 is 21.9. The number of hydrogen-bond donors (Lipinski definition) is 1. The largest absolute Gasteiger partial charge is 0.382 e. The Labute approximate surface area is 181 Å². The van der Waals surface area contributed by atoms with Crippen LogP contribution in [0.3, 0.4) is 0 Å². The Bertz CT molecular complexity index is 395. The van der Waals surface area contributed by atoms with Crippen LogP contribution in [0.25, 0.3) is 0 Å². The van der Waals surface area contributed by atoms with Crippen molar-refractivity contribution in [3.8, 4) is 0 Å². The lowest BCUT2D eigenvalue weighted by atomic mass is 10.0. The number of aliphatic imine (C=N–C) groups is 1. The van der Waals surface area contributed by atoms with Crippen LogP contribution in [0.5, 0.6) is 0 Å². The number of methoxy groups -OCH3 is 1. The molecule has 8 heteroatoms. The summed E-state index contributed by atoms with van der Waals surface area (Å²) in [6.07, 6.45) is 4.42. The number of ether oxygens (including phenoxy) is 4. The average molecular weight is 499 g/mol. The standard InChI is InChI=1S/C19H37N3O4.HI/c1-20-19(22-8-4-18(14-22)16-26-13-12-23-2)21-7-3-9-25-15-17-5-10-24-11-6-17;/h17-18H,3-16H2,1-2H3,(H,20,21);1H. The molecule has 2 rings (SSSR count). The van der Waals surface area contributed by atoms with Crippen molar-refractivity contribution in [3.63, 3.8) is 0 Å². The first-order valence-electron chi connectivity index (χ1n) is 10.0. The second-order valence-corrected chi connectivity index (χ2v) is 7.13. The molecular formula is C19H38IN3O4. The molecule has 2 fully saturated rings. The smallest absolute Gasteiger partial charge is 0.193 e. The molecular weight excluding hydrogens is 461 g/mol. The van der Waals surface area contributed by atoms with E-state index in [1.165, 1.54) is 0 Å². The second-order valence-electron chi connectivity index (χ2n) is 7.13. The highest BCUT2D eigenvalue weighted by Crippen LogP contribution is 2.17. The minimum atomic E-state index is 0. The summed E-state index contributed by atoms with van der Waals surface area (Å²) in [5.74, 6) is 2.25. The molecule has 0 spiro atoms. The maximum absolute atomic E-state index is 5.82. The van der Waals surface area contributed by atoms with Crippen LogP contribution in [-0.2, 0) is 18.9 Å². The van der Waals surface area contributed by atoms with E-state index < -0.39 is 0 Å². The van der Waals surface area contributed by atoms with E-state index in [-0.39, 0.29) is 24.0 Å². The highest BCUT2D eigenvalue weighted by atomic mass is 127. The van der Waals surface area contributed by atoms with Crippen molar-refractivity contribution < 1.29 is 18.9 Å². The molecule has 2 saturated heterocycles. The van der Waals surface area contributed by atoms with Gasteiger partial charge in [0.1, 0.15) is 0 Å². The molecule has 27 heavy (non-hydrogen) atoms. The summed E-state index contributed by atoms with van der Waals surface area (Å²) in [6, 6.07) is 0. The van der Waals surface area contributed by atoms with Gasteiger partial charge in [-0.1, -0.05) is 0 Å². The van der Waals surface area contributed by atoms with Gasteiger partial charge in [-0.05, 0) is 31.6 Å². The van der Waals surface area contributed by atoms with Crippen LogP contribution in [0, 0.1) is 11.8 Å². The van der Waals surface area contributed by atoms with E-state index in [0.717, 1.165) is 84.3 Å². The minimum Gasteiger partial charge on any atom is -0.382 e. The number of likely N-dealkylation sites (tertiary alicyclic amines) is 1. The van der Waals surface area contributed by atoms with Crippen molar-refractivity contribution in [1.29, 1.82) is 0 Å². The van der Waals surface area contributed by atoms with Gasteiger partial charge in [-0.15, -0.1) is 24.0 Å². The Kier molecular flexibility index (Phi) is 14.5. The van der Waals surface area contributed by atoms with Crippen molar-refractivity contribution in [2.24, 2.45) is 16.8 Å². The van der Waals surface area contributed by atoms with Gasteiger partial charge in [0, 0.05) is 66.1 Å². The normalized spacial score (nSPS) is 21.3. The zero-order valence-corrected chi connectivity index (χ0v) is 19.3. The number of halogens is 1. The Morgan fingerprint density at radius 3 is 2.56 bits per heavy atom. The predicted molar refractivity (Wildman–Crippen MR) is 118 cm³/mol. The molecule has 1 unspecified atom stereocenters. The van der Waals surface area contributed by atoms with E-state index in [1.807, 2.05) is 7.05 Å². The Balaban J connectivity index is 0.00000364. The number of guanidine groups is 1. The first-order valence-corrected chi connectivity index (χ1v) is 10.0. The Morgan fingerprint density at radius 1 is 1.07 bits per heavy atom. The van der Waals surface area contributed by atoms with Crippen LogP contribution < -0.4 is 5.32 Å². The minimum absolute atomic E-state index is 0. The fourth-order valence-corrected chi connectivity index (χ4v) is 3.42. The third kappa shape index (κ3) is 10.3. The third-order valence-electron chi connectivity index (χ3n) is 5.03. The molecule has 0 radical (unpaired) electrons. The summed E-state index contributed by atoms with van der Waals surface area (Å²) >= 11 is 0. The van der Waals surface area contributed by atoms with Gasteiger partial charge in [0.25, 0.3) is 0 Å². The van der Waals surface area contributed by atoms with Gasteiger partial charge < -0.3 is 29.2 Å². The van der Waals surface area contributed by atoms with Crippen LogP contribution in [0.4, 0.5) is 0 Å². The fraction of sp³-hybridized carbons (Fsp3) is 0.947. The molecule has 0 bridgehead atoms. The van der Waals surface area contributed by atoms with Gasteiger partial charge in [0.05, 0.1) is 19.8 Å². The zero-order valence-electron chi connectivity index (χ0n) is 17.0. The van der Waals surface area contributed by atoms with Crippen molar-refractivity contribution >= 4 is 29.9 Å². The molecule has 2 aliphatic rings. The Morgan fingerprint density at radius 2 is 1.81 bits per heavy atom. The van der Waals surface area contributed by atoms with Crippen LogP contribution >= 0.6 is 24.0 Å². The van der Waals surface area contributed by atoms with Gasteiger partial charge in [-0.25, -0.2) is 0 Å². The second kappa shape index (κ2) is 15.7. The maximum Gasteiger partial charge on any atom is 0.193 e. The topological polar surface area (TPSA) is 64.6 Å². The molecule has 0 amide bonds. The van der Waals surface area contributed by atoms with Crippen molar-refractivity contribution in [2.45, 2.75) is 25.7 Å². The highest BCUT2D eigenvalue weighted by Gasteiger charge is 2.24. The maximum atomic E-state index is 5.82. The van der Waals surface area contributed by atoms with E-state index in [2.05, 4.69) is 15.2 Å². The molecule has 1 N–H and O–H groups in total. The lowest BCUT2D eigenvalue weighted by Crippen LogP contribution is -2.40. The monoisotopic (exact) mass is 499 g/mol. The first kappa shape index (κ1) is 24.9. The molecule has 0 aliphatic carbocycles. The molecule has 0 aromatic carbocycles. The van der Waals surface area contributed by atoms with E-state index >= 15 is 0 Å². The number of nitrogens with zero attached hydrogens (tertiary/aromatic N) is 2. The lowest BCUT2D eigenvalue weighted by molar-refractivity contribution is 0.0203. The van der Waals surface area contributed by atoms with Crippen LogP contribution in [0.1, 0.15) is 25.7 Å². The fourth-order valence-electron chi connectivity index (χ4n) is 3.42. The van der Waals surface area contributed by atoms with Gasteiger partial charge in [-0.3, -0.25) is 4.99 Å². The Hall–Kier alpha value is -0.160. The third-order valence-corrected chi connectivity index (χ3v) is 5.03. The molecule has 160 valence electrons. The first-order chi connectivity index (χ1) is 12.8. The summed E-state index contributed by atoms with van der Waals surface area (Å²) in [6.45, 7) is 8.53. The van der Waals surface area contributed by atoms with Crippen LogP contribution in [0.15, 0.2) is 4.99 Å². The predicted octanol–water partition coefficient (Wildman–Crippen LogP) is 2.00.